The van der Waals surface area contributed by atoms with E-state index in [1.54, 1.807) is 12.3 Å². The van der Waals surface area contributed by atoms with Gasteiger partial charge in [0.05, 0.1) is 23.1 Å². The van der Waals surface area contributed by atoms with Crippen molar-refractivity contribution in [2.75, 3.05) is 5.73 Å². The molecule has 1 amide bonds. The summed E-state index contributed by atoms with van der Waals surface area (Å²) in [6.45, 7) is 1.84. The summed E-state index contributed by atoms with van der Waals surface area (Å²) in [6.07, 6.45) is 10.1. The highest BCUT2D eigenvalue weighted by atomic mass is 16.1. The van der Waals surface area contributed by atoms with Crippen LogP contribution in [0.3, 0.4) is 0 Å². The van der Waals surface area contributed by atoms with Crippen LogP contribution in [0.4, 0.5) is 5.69 Å². The molecule has 4 nitrogen and oxygen atoms in total. The molecule has 19 heavy (non-hydrogen) atoms. The molecule has 3 N–H and O–H groups in total. The summed E-state index contributed by atoms with van der Waals surface area (Å²) in [5, 5.41) is 3.14. The second-order valence-electron chi connectivity index (χ2n) is 5.42. The van der Waals surface area contributed by atoms with E-state index in [1.807, 2.05) is 6.92 Å². The van der Waals surface area contributed by atoms with E-state index in [2.05, 4.69) is 10.3 Å². The van der Waals surface area contributed by atoms with E-state index in [-0.39, 0.29) is 5.91 Å². The summed E-state index contributed by atoms with van der Waals surface area (Å²) in [5.41, 5.74) is 7.57. The smallest absolute Gasteiger partial charge is 0.253 e. The van der Waals surface area contributed by atoms with Crippen molar-refractivity contribution in [3.05, 3.63) is 23.5 Å². The van der Waals surface area contributed by atoms with Gasteiger partial charge in [-0.25, -0.2) is 0 Å². The molecule has 0 bridgehead atoms. The molecular formula is C15H23N3O. The average Bonchev–Trinajstić information content (AvgIpc) is 2.35. The van der Waals surface area contributed by atoms with Gasteiger partial charge >= 0.3 is 0 Å². The molecule has 1 aliphatic carbocycles. The SMILES string of the molecule is Cc1ncc(N)cc1C(=O)NC1CCCCCCC1. The largest absolute Gasteiger partial charge is 0.397 e. The van der Waals surface area contributed by atoms with E-state index >= 15 is 0 Å². The summed E-state index contributed by atoms with van der Waals surface area (Å²) in [4.78, 5) is 16.4. The highest BCUT2D eigenvalue weighted by Crippen LogP contribution is 2.18. The van der Waals surface area contributed by atoms with Crippen molar-refractivity contribution < 1.29 is 4.79 Å². The van der Waals surface area contributed by atoms with Crippen molar-refractivity contribution in [3.8, 4) is 0 Å². The molecule has 4 heteroatoms. The molecule has 1 heterocycles. The van der Waals surface area contributed by atoms with Crippen LogP contribution in [0.15, 0.2) is 12.3 Å². The van der Waals surface area contributed by atoms with Gasteiger partial charge in [-0.15, -0.1) is 0 Å². The number of hydrogen-bond donors (Lipinski definition) is 2. The van der Waals surface area contributed by atoms with Crippen LogP contribution in [-0.4, -0.2) is 16.9 Å². The van der Waals surface area contributed by atoms with Gasteiger partial charge in [-0.05, 0) is 25.8 Å². The van der Waals surface area contributed by atoms with Crippen LogP contribution in [0.2, 0.25) is 0 Å². The molecule has 0 spiro atoms. The number of rotatable bonds is 2. The van der Waals surface area contributed by atoms with Gasteiger partial charge in [0.2, 0.25) is 0 Å². The number of aryl methyl sites for hydroxylation is 1. The molecule has 104 valence electrons. The van der Waals surface area contributed by atoms with E-state index < -0.39 is 0 Å². The summed E-state index contributed by atoms with van der Waals surface area (Å²) < 4.78 is 0. The lowest BCUT2D eigenvalue weighted by Gasteiger charge is -2.21. The predicted octanol–water partition coefficient (Wildman–Crippen LogP) is 2.81. The minimum atomic E-state index is -0.0390. The summed E-state index contributed by atoms with van der Waals surface area (Å²) >= 11 is 0. The molecule has 0 radical (unpaired) electrons. The number of nitrogens with one attached hydrogen (secondary N) is 1. The van der Waals surface area contributed by atoms with Crippen LogP contribution in [-0.2, 0) is 0 Å². The van der Waals surface area contributed by atoms with Crippen LogP contribution in [0.5, 0.6) is 0 Å². The van der Waals surface area contributed by atoms with E-state index in [0.717, 1.165) is 18.5 Å². The van der Waals surface area contributed by atoms with E-state index in [4.69, 9.17) is 5.73 Å². The fourth-order valence-corrected chi connectivity index (χ4v) is 2.64. The van der Waals surface area contributed by atoms with Gasteiger partial charge in [0.15, 0.2) is 0 Å². The third-order valence-corrected chi connectivity index (χ3v) is 3.79. The topological polar surface area (TPSA) is 68.0 Å². The Bertz CT molecular complexity index is 437. The van der Waals surface area contributed by atoms with Gasteiger partial charge in [0.25, 0.3) is 5.91 Å². The third-order valence-electron chi connectivity index (χ3n) is 3.79. The minimum Gasteiger partial charge on any atom is -0.397 e. The van der Waals surface area contributed by atoms with Crippen molar-refractivity contribution in [3.63, 3.8) is 0 Å². The lowest BCUT2D eigenvalue weighted by Crippen LogP contribution is -2.35. The lowest BCUT2D eigenvalue weighted by molar-refractivity contribution is 0.0929. The molecule has 1 aromatic rings. The molecule has 0 aromatic carbocycles. The summed E-state index contributed by atoms with van der Waals surface area (Å²) in [7, 11) is 0. The van der Waals surface area contributed by atoms with Gasteiger partial charge < -0.3 is 11.1 Å². The Morgan fingerprint density at radius 3 is 2.58 bits per heavy atom. The van der Waals surface area contributed by atoms with Crippen LogP contribution >= 0.6 is 0 Å². The van der Waals surface area contributed by atoms with Crippen molar-refractivity contribution in [1.82, 2.24) is 10.3 Å². The Kier molecular flexibility index (Phi) is 4.77. The fraction of sp³-hybridized carbons (Fsp3) is 0.600. The number of nitrogens with zero attached hydrogens (tertiary/aromatic N) is 1. The first-order chi connectivity index (χ1) is 9.16. The first kappa shape index (κ1) is 13.8. The molecule has 1 aromatic heterocycles. The van der Waals surface area contributed by atoms with E-state index in [0.29, 0.717) is 17.3 Å². The molecule has 1 aliphatic rings. The Labute approximate surface area is 114 Å². The highest BCUT2D eigenvalue weighted by Gasteiger charge is 2.17. The molecule has 1 fully saturated rings. The average molecular weight is 261 g/mol. The summed E-state index contributed by atoms with van der Waals surface area (Å²) in [5.74, 6) is -0.0390. The fourth-order valence-electron chi connectivity index (χ4n) is 2.64. The maximum Gasteiger partial charge on any atom is 0.253 e. The minimum absolute atomic E-state index is 0.0390. The first-order valence-electron chi connectivity index (χ1n) is 7.20. The van der Waals surface area contributed by atoms with E-state index in [9.17, 15) is 4.79 Å². The van der Waals surface area contributed by atoms with Crippen LogP contribution in [0.1, 0.15) is 61.0 Å². The third kappa shape index (κ3) is 3.94. The second-order valence-corrected chi connectivity index (χ2v) is 5.42. The van der Waals surface area contributed by atoms with Crippen molar-refractivity contribution in [2.24, 2.45) is 0 Å². The van der Waals surface area contributed by atoms with Gasteiger partial charge in [-0.3, -0.25) is 9.78 Å². The van der Waals surface area contributed by atoms with Crippen LogP contribution < -0.4 is 11.1 Å². The molecule has 2 rings (SSSR count). The summed E-state index contributed by atoms with van der Waals surface area (Å²) in [6, 6.07) is 2.01. The van der Waals surface area contributed by atoms with Gasteiger partial charge in [0, 0.05) is 6.04 Å². The maximum atomic E-state index is 12.3. The molecule has 1 saturated carbocycles. The quantitative estimate of drug-likeness (QED) is 0.860. The number of hydrogen-bond acceptors (Lipinski definition) is 3. The number of nitrogens with two attached hydrogens (primary N) is 1. The van der Waals surface area contributed by atoms with Crippen molar-refractivity contribution in [2.45, 2.75) is 57.9 Å². The molecular weight excluding hydrogens is 238 g/mol. The highest BCUT2D eigenvalue weighted by molar-refractivity contribution is 5.96. The van der Waals surface area contributed by atoms with E-state index in [1.165, 1.54) is 32.1 Å². The maximum absolute atomic E-state index is 12.3. The normalized spacial score (nSPS) is 17.5. The number of amides is 1. The number of carbonyl (C=O) groups is 1. The molecule has 0 aliphatic heterocycles. The van der Waals surface area contributed by atoms with Gasteiger partial charge in [0.1, 0.15) is 0 Å². The number of carbonyl (C=O) groups excluding carboxylic acids is 1. The number of pyridine rings is 1. The molecule has 0 saturated heterocycles. The standard InChI is InChI=1S/C15H23N3O/c1-11-14(9-12(16)10-17-11)15(19)18-13-7-5-3-2-4-6-8-13/h9-10,13H,2-8,16H2,1H3,(H,18,19). The zero-order chi connectivity index (χ0) is 13.7. The van der Waals surface area contributed by atoms with Crippen LogP contribution in [0, 0.1) is 6.92 Å². The van der Waals surface area contributed by atoms with Crippen LogP contribution in [0.25, 0.3) is 0 Å². The van der Waals surface area contributed by atoms with Gasteiger partial charge in [-0.2, -0.15) is 0 Å². The Balaban J connectivity index is 2.00. The zero-order valence-electron chi connectivity index (χ0n) is 11.6. The lowest BCUT2D eigenvalue weighted by atomic mass is 9.96. The first-order valence-corrected chi connectivity index (χ1v) is 7.20. The Hall–Kier alpha value is -1.58. The number of aromatic nitrogens is 1. The number of anilines is 1. The Morgan fingerprint density at radius 1 is 1.26 bits per heavy atom. The van der Waals surface area contributed by atoms with Gasteiger partial charge in [-0.1, -0.05) is 32.1 Å². The molecule has 0 unspecified atom stereocenters. The Morgan fingerprint density at radius 2 is 1.89 bits per heavy atom. The molecule has 0 atom stereocenters. The predicted molar refractivity (Wildman–Crippen MR) is 77.0 cm³/mol. The van der Waals surface area contributed by atoms with Crippen molar-refractivity contribution >= 4 is 11.6 Å². The monoisotopic (exact) mass is 261 g/mol. The number of nitrogen functional groups attached to an aromatic ring is 1. The van der Waals surface area contributed by atoms with Crippen molar-refractivity contribution in [1.29, 1.82) is 0 Å². The second kappa shape index (κ2) is 6.55. The zero-order valence-corrected chi connectivity index (χ0v) is 11.6.